The Bertz CT molecular complexity index is 598. The van der Waals surface area contributed by atoms with Crippen LogP contribution in [0.25, 0.3) is 0 Å². The molecule has 3 nitrogen and oxygen atoms in total. The first-order chi connectivity index (χ1) is 8.91. The first-order valence-electron chi connectivity index (χ1n) is 5.85. The molecular weight excluding hydrogens is 333 g/mol. The first-order valence-corrected chi connectivity index (χ1v) is 7.02. The number of halogens is 3. The van der Waals surface area contributed by atoms with Crippen LogP contribution in [0.4, 0.5) is 4.39 Å². The second-order valence-electron chi connectivity index (χ2n) is 4.56. The van der Waals surface area contributed by atoms with E-state index in [1.54, 1.807) is 16.9 Å². The Morgan fingerprint density at radius 3 is 2.74 bits per heavy atom. The number of nitrogens with zero attached hydrogens (tertiary/aromatic N) is 2. The van der Waals surface area contributed by atoms with Gasteiger partial charge in [0.1, 0.15) is 5.82 Å². The summed E-state index contributed by atoms with van der Waals surface area (Å²) in [7, 11) is 0. The van der Waals surface area contributed by atoms with Crippen LogP contribution in [0.5, 0.6) is 0 Å². The lowest BCUT2D eigenvalue weighted by Gasteiger charge is -2.18. The van der Waals surface area contributed by atoms with Crippen LogP contribution in [0.3, 0.4) is 0 Å². The van der Waals surface area contributed by atoms with E-state index in [1.165, 1.54) is 12.1 Å². The zero-order chi connectivity index (χ0) is 14.2. The molecule has 0 aliphatic heterocycles. The zero-order valence-corrected chi connectivity index (χ0v) is 12.9. The molecule has 0 spiro atoms. The third-order valence-corrected chi connectivity index (χ3v) is 3.88. The zero-order valence-electron chi connectivity index (χ0n) is 10.6. The van der Waals surface area contributed by atoms with Crippen molar-refractivity contribution in [1.82, 2.24) is 9.78 Å². The number of aromatic nitrogens is 2. The molecule has 0 aliphatic rings. The number of rotatable bonds is 3. The van der Waals surface area contributed by atoms with E-state index in [-0.39, 0.29) is 11.9 Å². The Hall–Kier alpha value is -0.910. The lowest BCUT2D eigenvalue weighted by Crippen LogP contribution is -2.19. The molecular formula is C13H14BrClFN3. The summed E-state index contributed by atoms with van der Waals surface area (Å²) in [5.41, 5.74) is 7.55. The Morgan fingerprint density at radius 2 is 2.11 bits per heavy atom. The molecule has 2 rings (SSSR count). The van der Waals surface area contributed by atoms with Crippen molar-refractivity contribution < 1.29 is 4.39 Å². The molecule has 0 bridgehead atoms. The molecule has 0 fully saturated rings. The summed E-state index contributed by atoms with van der Waals surface area (Å²) in [4.78, 5) is 0. The van der Waals surface area contributed by atoms with Gasteiger partial charge in [0, 0.05) is 10.5 Å². The molecule has 1 aromatic heterocycles. The van der Waals surface area contributed by atoms with E-state index in [0.29, 0.717) is 16.3 Å². The third kappa shape index (κ3) is 2.83. The minimum Gasteiger partial charge on any atom is -0.319 e. The molecule has 1 aromatic carbocycles. The van der Waals surface area contributed by atoms with Crippen molar-refractivity contribution in [3.05, 3.63) is 51.0 Å². The van der Waals surface area contributed by atoms with E-state index in [2.05, 4.69) is 21.0 Å². The van der Waals surface area contributed by atoms with Crippen LogP contribution in [0.2, 0.25) is 5.02 Å². The van der Waals surface area contributed by atoms with Gasteiger partial charge in [0.2, 0.25) is 0 Å². The minimum atomic E-state index is -0.539. The summed E-state index contributed by atoms with van der Waals surface area (Å²) < 4.78 is 15.9. The van der Waals surface area contributed by atoms with Crippen molar-refractivity contribution >= 4 is 27.5 Å². The molecule has 2 N–H and O–H groups in total. The van der Waals surface area contributed by atoms with Crippen molar-refractivity contribution in [2.24, 2.45) is 5.73 Å². The van der Waals surface area contributed by atoms with E-state index in [0.717, 1.165) is 4.47 Å². The Morgan fingerprint density at radius 1 is 1.42 bits per heavy atom. The Balaban J connectivity index is 2.52. The molecule has 1 heterocycles. The fraction of sp³-hybridized carbons (Fsp3) is 0.308. The molecule has 0 saturated carbocycles. The van der Waals surface area contributed by atoms with Gasteiger partial charge >= 0.3 is 0 Å². The molecule has 19 heavy (non-hydrogen) atoms. The van der Waals surface area contributed by atoms with Gasteiger partial charge in [-0.25, -0.2) is 4.39 Å². The van der Waals surface area contributed by atoms with Crippen LogP contribution < -0.4 is 5.73 Å². The molecule has 0 aliphatic carbocycles. The van der Waals surface area contributed by atoms with Crippen molar-refractivity contribution in [3.8, 4) is 0 Å². The Labute approximate surface area is 124 Å². The van der Waals surface area contributed by atoms with E-state index in [4.69, 9.17) is 17.3 Å². The number of benzene rings is 1. The maximum absolute atomic E-state index is 13.4. The SMILES string of the molecule is CC(C)n1ncc(Cl)c1C(N)c1cc(F)ccc1Br. The van der Waals surface area contributed by atoms with E-state index < -0.39 is 6.04 Å². The van der Waals surface area contributed by atoms with E-state index in [1.807, 2.05) is 13.8 Å². The predicted molar refractivity (Wildman–Crippen MR) is 77.8 cm³/mol. The van der Waals surface area contributed by atoms with Gasteiger partial charge in [0.05, 0.1) is 23.0 Å². The summed E-state index contributed by atoms with van der Waals surface area (Å²) in [6, 6.07) is 4.00. The average Bonchev–Trinajstić information content (AvgIpc) is 2.73. The summed E-state index contributed by atoms with van der Waals surface area (Å²) in [6.07, 6.45) is 1.56. The highest BCUT2D eigenvalue weighted by atomic mass is 79.9. The maximum Gasteiger partial charge on any atom is 0.123 e. The van der Waals surface area contributed by atoms with Gasteiger partial charge < -0.3 is 5.73 Å². The number of hydrogen-bond acceptors (Lipinski definition) is 2. The largest absolute Gasteiger partial charge is 0.319 e. The van der Waals surface area contributed by atoms with Crippen LogP contribution >= 0.6 is 27.5 Å². The summed E-state index contributed by atoms with van der Waals surface area (Å²) in [5, 5.41) is 4.69. The highest BCUT2D eigenvalue weighted by Crippen LogP contribution is 2.32. The second kappa shape index (κ2) is 5.61. The molecule has 102 valence electrons. The van der Waals surface area contributed by atoms with Crippen LogP contribution in [-0.2, 0) is 0 Å². The van der Waals surface area contributed by atoms with Crippen LogP contribution in [0, 0.1) is 5.82 Å². The molecule has 0 saturated heterocycles. The van der Waals surface area contributed by atoms with Crippen molar-refractivity contribution in [3.63, 3.8) is 0 Å². The number of hydrogen-bond donors (Lipinski definition) is 1. The number of nitrogens with two attached hydrogens (primary N) is 1. The smallest absolute Gasteiger partial charge is 0.123 e. The highest BCUT2D eigenvalue weighted by molar-refractivity contribution is 9.10. The van der Waals surface area contributed by atoms with E-state index in [9.17, 15) is 4.39 Å². The van der Waals surface area contributed by atoms with Crippen LogP contribution in [0.1, 0.15) is 37.2 Å². The van der Waals surface area contributed by atoms with Gasteiger partial charge in [0.15, 0.2) is 0 Å². The quantitative estimate of drug-likeness (QED) is 0.910. The molecule has 1 unspecified atom stereocenters. The van der Waals surface area contributed by atoms with Gasteiger partial charge in [-0.05, 0) is 37.6 Å². The lowest BCUT2D eigenvalue weighted by molar-refractivity contribution is 0.498. The molecule has 2 aromatic rings. The van der Waals surface area contributed by atoms with Gasteiger partial charge in [0.25, 0.3) is 0 Å². The van der Waals surface area contributed by atoms with Gasteiger partial charge in [-0.3, -0.25) is 4.68 Å². The fourth-order valence-corrected chi connectivity index (χ4v) is 2.69. The molecule has 0 radical (unpaired) electrons. The van der Waals surface area contributed by atoms with Crippen molar-refractivity contribution in [2.75, 3.05) is 0 Å². The van der Waals surface area contributed by atoms with Crippen LogP contribution in [-0.4, -0.2) is 9.78 Å². The normalized spacial score (nSPS) is 13.0. The second-order valence-corrected chi connectivity index (χ2v) is 5.82. The highest BCUT2D eigenvalue weighted by Gasteiger charge is 2.22. The fourth-order valence-electron chi connectivity index (χ4n) is 1.95. The Kier molecular flexibility index (Phi) is 4.28. The molecule has 1 atom stereocenters. The van der Waals surface area contributed by atoms with Crippen molar-refractivity contribution in [2.45, 2.75) is 25.9 Å². The lowest BCUT2D eigenvalue weighted by atomic mass is 10.0. The van der Waals surface area contributed by atoms with Gasteiger partial charge in [-0.2, -0.15) is 5.10 Å². The van der Waals surface area contributed by atoms with Gasteiger partial charge in [-0.15, -0.1) is 0 Å². The summed E-state index contributed by atoms with van der Waals surface area (Å²) in [6.45, 7) is 3.97. The predicted octanol–water partition coefficient (Wildman–Crippen LogP) is 4.07. The summed E-state index contributed by atoms with van der Waals surface area (Å²) >= 11 is 9.54. The third-order valence-electron chi connectivity index (χ3n) is 2.86. The monoisotopic (exact) mass is 345 g/mol. The topological polar surface area (TPSA) is 43.8 Å². The van der Waals surface area contributed by atoms with Crippen molar-refractivity contribution in [1.29, 1.82) is 0 Å². The standard InChI is InChI=1S/C13H14BrClFN3/c1-7(2)19-13(11(15)6-18-19)12(17)9-5-8(16)3-4-10(9)14/h3-7,12H,17H2,1-2H3. The first kappa shape index (κ1) is 14.5. The molecule has 6 heteroatoms. The maximum atomic E-state index is 13.4. The molecule has 0 amide bonds. The minimum absolute atomic E-state index is 0.126. The van der Waals surface area contributed by atoms with Crippen LogP contribution in [0.15, 0.2) is 28.9 Å². The summed E-state index contributed by atoms with van der Waals surface area (Å²) in [5.74, 6) is -0.333. The van der Waals surface area contributed by atoms with E-state index >= 15 is 0 Å². The van der Waals surface area contributed by atoms with Gasteiger partial charge in [-0.1, -0.05) is 27.5 Å². The average molecular weight is 347 g/mol.